The van der Waals surface area contributed by atoms with E-state index in [-0.39, 0.29) is 22.4 Å². The van der Waals surface area contributed by atoms with E-state index in [1.54, 1.807) is 0 Å². The Balaban J connectivity index is 0. The summed E-state index contributed by atoms with van der Waals surface area (Å²) in [6, 6.07) is 0. The van der Waals surface area contributed by atoms with E-state index in [2.05, 4.69) is 0 Å². The molecule has 0 aromatic rings. The molecule has 9 heteroatoms. The van der Waals surface area contributed by atoms with Crippen LogP contribution < -0.4 is 0 Å². The van der Waals surface area contributed by atoms with Crippen molar-refractivity contribution in [1.82, 2.24) is 0 Å². The van der Waals surface area contributed by atoms with Gasteiger partial charge in [-0.05, 0) is 0 Å². The van der Waals surface area contributed by atoms with Gasteiger partial charge in [0.25, 0.3) is 20.2 Å². The summed E-state index contributed by atoms with van der Waals surface area (Å²) < 4.78 is 55.4. The van der Waals surface area contributed by atoms with Crippen LogP contribution in [0.2, 0.25) is 0 Å². The van der Waals surface area contributed by atoms with Crippen molar-refractivity contribution >= 4 is 20.2 Å². The fourth-order valence-electron chi connectivity index (χ4n) is 0.211. The molecule has 0 fully saturated rings. The Bertz CT molecular complexity index is 255. The molecule has 73 valence electrons. The third-order valence-corrected chi connectivity index (χ3v) is 2.30. The molecule has 0 saturated heterocycles. The smallest absolute Gasteiger partial charge is 0.265 e. The average molecular weight is 298 g/mol. The summed E-state index contributed by atoms with van der Waals surface area (Å²) in [5.74, 6) is -1.96. The number of hydrogen-bond acceptors (Lipinski definition) is 4. The van der Waals surface area contributed by atoms with Crippen molar-refractivity contribution in [1.29, 1.82) is 0 Å². The van der Waals surface area contributed by atoms with Crippen LogP contribution >= 0.6 is 0 Å². The Hall–Kier alpha value is 0.560. The Morgan fingerprint density at radius 3 is 1.09 bits per heavy atom. The first-order valence-electron chi connectivity index (χ1n) is 2.11. The van der Waals surface area contributed by atoms with Gasteiger partial charge < -0.3 is 0 Å². The Labute approximate surface area is 80.0 Å². The van der Waals surface area contributed by atoms with Gasteiger partial charge in [0.2, 0.25) is 0 Å². The van der Waals surface area contributed by atoms with Crippen molar-refractivity contribution < 1.29 is 48.3 Å². The molecule has 0 aliphatic heterocycles. The number of rotatable bonds is 3. The Morgan fingerprint density at radius 2 is 1.00 bits per heavy atom. The van der Waals surface area contributed by atoms with Crippen LogP contribution in [0.15, 0.2) is 0 Å². The van der Waals surface area contributed by atoms with Gasteiger partial charge in [0.1, 0.15) is 0 Å². The fourth-order valence-corrected chi connectivity index (χ4v) is 1.90. The molecule has 6 nitrogen and oxygen atoms in total. The molecule has 0 saturated carbocycles. The first-order valence-corrected chi connectivity index (χ1v) is 5.33. The van der Waals surface area contributed by atoms with Crippen LogP contribution in [0.25, 0.3) is 0 Å². The van der Waals surface area contributed by atoms with E-state index in [4.69, 9.17) is 9.11 Å². The van der Waals surface area contributed by atoms with Crippen LogP contribution in [0.1, 0.15) is 0 Å². The summed E-state index contributed by atoms with van der Waals surface area (Å²) in [7, 11) is -8.59. The molecule has 0 aromatic carbocycles. The van der Waals surface area contributed by atoms with E-state index in [0.717, 1.165) is 0 Å². The van der Waals surface area contributed by atoms with Crippen LogP contribution in [-0.2, 0) is 42.6 Å². The minimum absolute atomic E-state index is 0. The molecule has 0 rings (SSSR count). The Kier molecular flexibility index (Phi) is 5.84. The molecular weight excluding hydrogens is 292 g/mol. The summed E-state index contributed by atoms with van der Waals surface area (Å²) in [6.45, 7) is 0. The van der Waals surface area contributed by atoms with E-state index in [0.29, 0.717) is 0 Å². The van der Waals surface area contributed by atoms with E-state index < -0.39 is 31.7 Å². The fraction of sp³-hybridized carbons (Fsp3) is 1.00. The zero-order valence-corrected chi connectivity index (χ0v) is 8.17. The second kappa shape index (κ2) is 4.55. The second-order valence-electron chi connectivity index (χ2n) is 1.57. The van der Waals surface area contributed by atoms with Gasteiger partial charge in [0.15, 0.2) is 0 Å². The third kappa shape index (κ3) is 13.5. The maximum absolute atomic E-state index is 9.86. The summed E-state index contributed by atoms with van der Waals surface area (Å²) in [5.41, 5.74) is 0. The van der Waals surface area contributed by atoms with Gasteiger partial charge in [-0.3, -0.25) is 9.11 Å². The van der Waals surface area contributed by atoms with Crippen molar-refractivity contribution in [2.75, 3.05) is 11.5 Å². The van der Waals surface area contributed by atoms with E-state index in [1.807, 2.05) is 0 Å². The molecule has 1 radical (unpaired) electrons. The van der Waals surface area contributed by atoms with E-state index >= 15 is 0 Å². The summed E-state index contributed by atoms with van der Waals surface area (Å²) in [5, 5.41) is 0. The van der Waals surface area contributed by atoms with E-state index in [9.17, 15) is 16.8 Å². The predicted octanol–water partition coefficient (Wildman–Crippen LogP) is -1.24. The first-order chi connectivity index (χ1) is 4.21. The van der Waals surface area contributed by atoms with Gasteiger partial charge in [0.05, 0.1) is 11.5 Å². The topological polar surface area (TPSA) is 109 Å². The standard InChI is InChI=1S/C2H6O6S2.Ag/c3-9(4,5)1-2-10(6,7)8;/h1-2H2,(H,3,4,5)(H,6,7,8);. The van der Waals surface area contributed by atoms with Crippen LogP contribution in [0.4, 0.5) is 0 Å². The molecule has 0 aromatic heterocycles. The molecule has 0 unspecified atom stereocenters. The summed E-state index contributed by atoms with van der Waals surface area (Å²) in [6.07, 6.45) is 0. The van der Waals surface area contributed by atoms with Gasteiger partial charge >= 0.3 is 0 Å². The SMILES string of the molecule is O=S(=O)(O)CCS(=O)(=O)O.[Ag]. The molecule has 0 heterocycles. The largest absolute Gasteiger partial charge is 0.286 e. The van der Waals surface area contributed by atoms with Crippen LogP contribution in [0, 0.1) is 0 Å². The predicted molar refractivity (Wildman–Crippen MR) is 32.8 cm³/mol. The molecule has 2 N–H and O–H groups in total. The maximum atomic E-state index is 9.86. The second-order valence-corrected chi connectivity index (χ2v) is 4.72. The van der Waals surface area contributed by atoms with Crippen molar-refractivity contribution in [3.63, 3.8) is 0 Å². The van der Waals surface area contributed by atoms with Crippen molar-refractivity contribution in [2.24, 2.45) is 0 Å². The molecule has 0 bridgehead atoms. The molecule has 0 atom stereocenters. The average Bonchev–Trinajstić information content (AvgIpc) is 1.57. The van der Waals surface area contributed by atoms with Crippen LogP contribution in [0.5, 0.6) is 0 Å². The van der Waals surface area contributed by atoms with Crippen LogP contribution in [0.3, 0.4) is 0 Å². The molecule has 11 heavy (non-hydrogen) atoms. The van der Waals surface area contributed by atoms with Gasteiger partial charge in [-0.25, -0.2) is 0 Å². The minimum atomic E-state index is -4.30. The van der Waals surface area contributed by atoms with Crippen molar-refractivity contribution in [3.8, 4) is 0 Å². The van der Waals surface area contributed by atoms with Crippen LogP contribution in [-0.4, -0.2) is 37.4 Å². The molecule has 0 amide bonds. The van der Waals surface area contributed by atoms with E-state index in [1.165, 1.54) is 0 Å². The maximum Gasteiger partial charge on any atom is 0.265 e. The molecular formula is C2H6AgO6S2. The zero-order chi connectivity index (χ0) is 8.41. The van der Waals surface area contributed by atoms with Gasteiger partial charge in [-0.1, -0.05) is 0 Å². The molecule has 0 aliphatic carbocycles. The van der Waals surface area contributed by atoms with Gasteiger partial charge in [-0.15, -0.1) is 0 Å². The quantitative estimate of drug-likeness (QED) is 0.498. The summed E-state index contributed by atoms with van der Waals surface area (Å²) in [4.78, 5) is 0. The molecule has 0 aliphatic rings. The molecule has 0 spiro atoms. The van der Waals surface area contributed by atoms with Gasteiger partial charge in [0, 0.05) is 22.4 Å². The number of hydrogen-bond donors (Lipinski definition) is 2. The Morgan fingerprint density at radius 1 is 0.818 bits per heavy atom. The minimum Gasteiger partial charge on any atom is -0.286 e. The van der Waals surface area contributed by atoms with Crippen molar-refractivity contribution in [2.45, 2.75) is 0 Å². The first kappa shape index (κ1) is 14.1. The summed E-state index contributed by atoms with van der Waals surface area (Å²) >= 11 is 0. The monoisotopic (exact) mass is 297 g/mol. The normalized spacial score (nSPS) is 12.2. The van der Waals surface area contributed by atoms with Crippen molar-refractivity contribution in [3.05, 3.63) is 0 Å². The zero-order valence-electron chi connectivity index (χ0n) is 5.06. The van der Waals surface area contributed by atoms with Gasteiger partial charge in [-0.2, -0.15) is 16.8 Å². The third-order valence-electron chi connectivity index (χ3n) is 0.599.